The minimum Gasteiger partial charge on any atom is -0.324 e. The zero-order chi connectivity index (χ0) is 12.6. The van der Waals surface area contributed by atoms with Crippen LogP contribution in [0.2, 0.25) is 5.15 Å². The maximum atomic E-state index is 11.9. The number of sulfonamides is 1. The van der Waals surface area contributed by atoms with Crippen LogP contribution in [0.1, 0.15) is 0 Å². The molecule has 2 aromatic heterocycles. The molecule has 9 heteroatoms. The van der Waals surface area contributed by atoms with Gasteiger partial charge in [0.05, 0.1) is 18.2 Å². The first-order chi connectivity index (χ1) is 7.90. The second-order valence-electron chi connectivity index (χ2n) is 3.46. The van der Waals surface area contributed by atoms with Crippen molar-refractivity contribution >= 4 is 27.3 Å². The Morgan fingerprint density at radius 2 is 2.12 bits per heavy atom. The van der Waals surface area contributed by atoms with Crippen LogP contribution in [0.25, 0.3) is 0 Å². The molecule has 0 amide bonds. The van der Waals surface area contributed by atoms with Crippen molar-refractivity contribution in [1.82, 2.24) is 19.3 Å². The van der Waals surface area contributed by atoms with Gasteiger partial charge in [-0.2, -0.15) is 13.5 Å². The van der Waals surface area contributed by atoms with Crippen molar-refractivity contribution in [2.45, 2.75) is 5.03 Å². The van der Waals surface area contributed by atoms with Crippen LogP contribution in [-0.4, -0.2) is 27.7 Å². The van der Waals surface area contributed by atoms with E-state index < -0.39 is 10.0 Å². The molecule has 0 bridgehead atoms. The summed E-state index contributed by atoms with van der Waals surface area (Å²) in [4.78, 5) is 3.74. The number of aryl methyl sites for hydroxylation is 2. The van der Waals surface area contributed by atoms with Gasteiger partial charge in [-0.25, -0.2) is 4.98 Å². The summed E-state index contributed by atoms with van der Waals surface area (Å²) in [6, 6.07) is 0. The summed E-state index contributed by atoms with van der Waals surface area (Å²) in [6.45, 7) is 0. The number of hydrogen-bond acceptors (Lipinski definition) is 4. The Bertz CT molecular complexity index is 645. The largest absolute Gasteiger partial charge is 0.324 e. The summed E-state index contributed by atoms with van der Waals surface area (Å²) in [6.07, 6.45) is 4.27. The Hall–Kier alpha value is -1.54. The lowest BCUT2D eigenvalue weighted by Gasteiger charge is -2.03. The van der Waals surface area contributed by atoms with Crippen LogP contribution in [0.3, 0.4) is 0 Å². The molecular formula is C8H10ClN5O2S. The third-order valence-electron chi connectivity index (χ3n) is 2.05. The first-order valence-corrected chi connectivity index (χ1v) is 6.44. The Morgan fingerprint density at radius 1 is 1.41 bits per heavy atom. The monoisotopic (exact) mass is 275 g/mol. The quantitative estimate of drug-likeness (QED) is 0.890. The Balaban J connectivity index is 2.34. The molecule has 2 rings (SSSR count). The van der Waals surface area contributed by atoms with Crippen molar-refractivity contribution in [3.63, 3.8) is 0 Å². The van der Waals surface area contributed by atoms with E-state index in [0.717, 1.165) is 0 Å². The van der Waals surface area contributed by atoms with E-state index in [1.54, 1.807) is 14.1 Å². The summed E-state index contributed by atoms with van der Waals surface area (Å²) >= 11 is 5.83. The zero-order valence-corrected chi connectivity index (χ0v) is 10.7. The van der Waals surface area contributed by atoms with Crippen molar-refractivity contribution in [3.05, 3.63) is 23.9 Å². The molecule has 0 saturated heterocycles. The number of imidazole rings is 1. The number of halogens is 1. The van der Waals surface area contributed by atoms with E-state index in [0.29, 0.717) is 5.69 Å². The van der Waals surface area contributed by atoms with Crippen molar-refractivity contribution in [1.29, 1.82) is 0 Å². The van der Waals surface area contributed by atoms with Crippen molar-refractivity contribution in [3.8, 4) is 0 Å². The first kappa shape index (κ1) is 11.9. The molecule has 0 fully saturated rings. The molecule has 2 heterocycles. The van der Waals surface area contributed by atoms with Crippen molar-refractivity contribution in [2.24, 2.45) is 14.1 Å². The van der Waals surface area contributed by atoms with E-state index in [2.05, 4.69) is 14.8 Å². The van der Waals surface area contributed by atoms with Crippen LogP contribution in [0, 0.1) is 0 Å². The third kappa shape index (κ3) is 2.27. The maximum absolute atomic E-state index is 11.9. The molecule has 0 aromatic carbocycles. The molecule has 0 aliphatic carbocycles. The second-order valence-corrected chi connectivity index (χ2v) is 5.42. The molecule has 0 saturated carbocycles. The van der Waals surface area contributed by atoms with Crippen LogP contribution < -0.4 is 4.72 Å². The predicted octanol–water partition coefficient (Wildman–Crippen LogP) is 0.608. The van der Waals surface area contributed by atoms with Gasteiger partial charge in [0.25, 0.3) is 10.0 Å². The molecular weight excluding hydrogens is 266 g/mol. The van der Waals surface area contributed by atoms with Gasteiger partial charge in [0.15, 0.2) is 0 Å². The second kappa shape index (κ2) is 4.04. The fraction of sp³-hybridized carbons (Fsp3) is 0.250. The lowest BCUT2D eigenvalue weighted by molar-refractivity contribution is 0.598. The number of rotatable bonds is 3. The Kier molecular flexibility index (Phi) is 2.84. The van der Waals surface area contributed by atoms with Gasteiger partial charge in [0.1, 0.15) is 5.15 Å². The van der Waals surface area contributed by atoms with Gasteiger partial charge in [-0.3, -0.25) is 9.40 Å². The molecule has 7 nitrogen and oxygen atoms in total. The van der Waals surface area contributed by atoms with Gasteiger partial charge in [-0.15, -0.1) is 0 Å². The molecule has 2 aromatic rings. The van der Waals surface area contributed by atoms with Crippen molar-refractivity contribution < 1.29 is 8.42 Å². The van der Waals surface area contributed by atoms with Crippen LogP contribution in [0.5, 0.6) is 0 Å². The lowest BCUT2D eigenvalue weighted by Crippen LogP contribution is -2.13. The van der Waals surface area contributed by atoms with E-state index >= 15 is 0 Å². The fourth-order valence-corrected chi connectivity index (χ4v) is 2.71. The molecule has 0 aliphatic heterocycles. The van der Waals surface area contributed by atoms with Crippen LogP contribution in [0.4, 0.5) is 5.69 Å². The molecule has 0 spiro atoms. The normalized spacial score (nSPS) is 11.7. The predicted molar refractivity (Wildman–Crippen MR) is 62.2 cm³/mol. The average molecular weight is 276 g/mol. The Morgan fingerprint density at radius 3 is 2.59 bits per heavy atom. The Labute approximate surface area is 103 Å². The minimum absolute atomic E-state index is 0.0568. The molecule has 0 unspecified atom stereocenters. The highest BCUT2D eigenvalue weighted by molar-refractivity contribution is 7.92. The summed E-state index contributed by atoms with van der Waals surface area (Å²) in [7, 11) is -0.481. The summed E-state index contributed by atoms with van der Waals surface area (Å²) in [5, 5.41) is 3.71. The van der Waals surface area contributed by atoms with Gasteiger partial charge in [-0.05, 0) is 0 Å². The van der Waals surface area contributed by atoms with E-state index in [9.17, 15) is 8.42 Å². The number of aromatic nitrogens is 4. The number of nitrogens with zero attached hydrogens (tertiary/aromatic N) is 4. The summed E-state index contributed by atoms with van der Waals surface area (Å²) in [5.41, 5.74) is 0.356. The fourth-order valence-electron chi connectivity index (χ4n) is 1.25. The van der Waals surface area contributed by atoms with Gasteiger partial charge in [0.2, 0.25) is 5.03 Å². The molecule has 0 atom stereocenters. The van der Waals surface area contributed by atoms with E-state index in [-0.39, 0.29) is 10.2 Å². The average Bonchev–Trinajstić information content (AvgIpc) is 2.75. The SMILES string of the molecule is Cn1cc(NS(=O)(=O)c2ncn(C)c2Cl)cn1. The molecule has 92 valence electrons. The topological polar surface area (TPSA) is 81.8 Å². The van der Waals surface area contributed by atoms with Gasteiger partial charge in [-0.1, -0.05) is 11.6 Å². The smallest absolute Gasteiger partial charge is 0.282 e. The van der Waals surface area contributed by atoms with E-state index in [4.69, 9.17) is 11.6 Å². The number of nitrogens with one attached hydrogen (secondary N) is 1. The third-order valence-corrected chi connectivity index (χ3v) is 3.92. The number of anilines is 1. The molecule has 0 aliphatic rings. The van der Waals surface area contributed by atoms with Crippen LogP contribution in [-0.2, 0) is 24.1 Å². The van der Waals surface area contributed by atoms with E-state index in [1.165, 1.54) is 28.0 Å². The van der Waals surface area contributed by atoms with E-state index in [1.807, 2.05) is 0 Å². The van der Waals surface area contributed by atoms with Crippen molar-refractivity contribution in [2.75, 3.05) is 4.72 Å². The lowest BCUT2D eigenvalue weighted by atomic mass is 10.6. The number of hydrogen-bond donors (Lipinski definition) is 1. The summed E-state index contributed by atoms with van der Waals surface area (Å²) in [5.74, 6) is 0. The molecule has 1 N–H and O–H groups in total. The van der Waals surface area contributed by atoms with Gasteiger partial charge >= 0.3 is 0 Å². The van der Waals surface area contributed by atoms with Gasteiger partial charge < -0.3 is 4.57 Å². The standard InChI is InChI=1S/C8H10ClN5O2S/c1-13-5-10-8(7(13)9)17(15,16)12-6-3-11-14(2)4-6/h3-5,12H,1-2H3. The maximum Gasteiger partial charge on any atom is 0.282 e. The van der Waals surface area contributed by atoms with Gasteiger partial charge in [0, 0.05) is 20.3 Å². The summed E-state index contributed by atoms with van der Waals surface area (Å²) < 4.78 is 29.1. The highest BCUT2D eigenvalue weighted by Crippen LogP contribution is 2.21. The molecule has 0 radical (unpaired) electrons. The molecule has 17 heavy (non-hydrogen) atoms. The zero-order valence-electron chi connectivity index (χ0n) is 9.12. The highest BCUT2D eigenvalue weighted by atomic mass is 35.5. The highest BCUT2D eigenvalue weighted by Gasteiger charge is 2.22. The first-order valence-electron chi connectivity index (χ1n) is 4.58. The minimum atomic E-state index is -3.78. The van der Waals surface area contributed by atoms with Crippen LogP contribution in [0.15, 0.2) is 23.7 Å². The van der Waals surface area contributed by atoms with Crippen LogP contribution >= 0.6 is 11.6 Å².